The van der Waals surface area contributed by atoms with Crippen LogP contribution < -0.4 is 5.32 Å². The van der Waals surface area contributed by atoms with Gasteiger partial charge in [-0.1, -0.05) is 15.9 Å². The van der Waals surface area contributed by atoms with E-state index in [2.05, 4.69) is 26.2 Å². The number of nitrogens with zero attached hydrogens (tertiary/aromatic N) is 2. The van der Waals surface area contributed by atoms with Gasteiger partial charge < -0.3 is 15.0 Å². The van der Waals surface area contributed by atoms with Gasteiger partial charge in [-0.3, -0.25) is 9.59 Å². The average Bonchev–Trinajstić information content (AvgIpc) is 3.06. The van der Waals surface area contributed by atoms with Gasteiger partial charge in [0.2, 0.25) is 0 Å². The number of hydrogen-bond acceptors (Lipinski definition) is 5. The number of benzene rings is 1. The topological polar surface area (TPSA) is 71.5 Å². The van der Waals surface area contributed by atoms with Crippen molar-refractivity contribution in [1.82, 2.24) is 9.88 Å². The molecule has 0 radical (unpaired) electrons. The van der Waals surface area contributed by atoms with Gasteiger partial charge >= 0.3 is 0 Å². The second kappa shape index (κ2) is 8.22. The summed E-state index contributed by atoms with van der Waals surface area (Å²) in [5.41, 5.74) is 2.93. The predicted molar refractivity (Wildman–Crippen MR) is 118 cm³/mol. The molecule has 6 nitrogen and oxygen atoms in total. The summed E-state index contributed by atoms with van der Waals surface area (Å²) in [6, 6.07) is 9.08. The lowest BCUT2D eigenvalue weighted by Gasteiger charge is -2.26. The monoisotopic (exact) mass is 473 g/mol. The lowest BCUT2D eigenvalue weighted by atomic mass is 10.1. The van der Waals surface area contributed by atoms with E-state index >= 15 is 0 Å². The van der Waals surface area contributed by atoms with E-state index in [0.717, 1.165) is 25.9 Å². The third kappa shape index (κ3) is 4.05. The van der Waals surface area contributed by atoms with Crippen LogP contribution in [0.4, 0.5) is 5.69 Å². The van der Waals surface area contributed by atoms with Crippen LogP contribution in [0.5, 0.6) is 0 Å². The van der Waals surface area contributed by atoms with Gasteiger partial charge in [0.1, 0.15) is 9.71 Å². The van der Waals surface area contributed by atoms with Crippen molar-refractivity contribution in [2.75, 3.05) is 31.6 Å². The molecule has 0 saturated carbocycles. The molecule has 1 saturated heterocycles. The fourth-order valence-electron chi connectivity index (χ4n) is 3.41. The van der Waals surface area contributed by atoms with Crippen molar-refractivity contribution in [3.05, 3.63) is 56.5 Å². The maximum atomic E-state index is 13.2. The molecule has 4 rings (SSSR count). The Morgan fingerprint density at radius 1 is 1.17 bits per heavy atom. The van der Waals surface area contributed by atoms with Gasteiger partial charge in [-0.15, -0.1) is 11.3 Å². The summed E-state index contributed by atoms with van der Waals surface area (Å²) in [5, 5.41) is 3.81. The molecule has 2 amide bonds. The fraction of sp³-hybridized carbons (Fsp3) is 0.286. The number of halogens is 1. The number of amides is 2. The highest BCUT2D eigenvalue weighted by Gasteiger charge is 2.27. The van der Waals surface area contributed by atoms with Crippen molar-refractivity contribution >= 4 is 55.0 Å². The molecular formula is C21H20BrN3O3S. The first kappa shape index (κ1) is 20.0. The van der Waals surface area contributed by atoms with Crippen LogP contribution in [0.15, 0.2) is 34.8 Å². The molecule has 0 unspecified atom stereocenters. The molecule has 8 heteroatoms. The number of morpholine rings is 1. The van der Waals surface area contributed by atoms with Gasteiger partial charge in [0, 0.05) is 34.2 Å². The SMILES string of the molecule is Cc1cc(C)c2c(NC(=O)c3ccc(Br)cc3)c(C(=O)N3CCOCC3)sc2n1. The summed E-state index contributed by atoms with van der Waals surface area (Å²) >= 11 is 4.71. The first-order valence-electron chi connectivity index (χ1n) is 9.28. The standard InChI is InChI=1S/C21H20BrN3O3S/c1-12-11-13(2)23-20-16(12)17(24-19(26)14-3-5-15(22)6-4-14)18(29-20)21(27)25-7-9-28-10-8-25/h3-6,11H,7-10H2,1-2H3,(H,24,26). The summed E-state index contributed by atoms with van der Waals surface area (Å²) in [7, 11) is 0. The van der Waals surface area contributed by atoms with Crippen LogP contribution in [0.2, 0.25) is 0 Å². The zero-order valence-corrected chi connectivity index (χ0v) is 18.5. The highest BCUT2D eigenvalue weighted by Crippen LogP contribution is 2.38. The second-order valence-electron chi connectivity index (χ2n) is 6.93. The molecule has 2 aromatic heterocycles. The van der Waals surface area contributed by atoms with Gasteiger partial charge in [0.15, 0.2) is 0 Å². The first-order chi connectivity index (χ1) is 13.9. The average molecular weight is 474 g/mol. The third-order valence-corrected chi connectivity index (χ3v) is 6.43. The fourth-order valence-corrected chi connectivity index (χ4v) is 4.89. The zero-order chi connectivity index (χ0) is 20.5. The molecule has 1 aliphatic heterocycles. The third-order valence-electron chi connectivity index (χ3n) is 4.82. The Balaban J connectivity index is 1.78. The zero-order valence-electron chi connectivity index (χ0n) is 16.1. The number of pyridine rings is 1. The van der Waals surface area contributed by atoms with Crippen molar-refractivity contribution in [2.24, 2.45) is 0 Å². The smallest absolute Gasteiger partial charge is 0.266 e. The van der Waals surface area contributed by atoms with Crippen LogP contribution in [0, 0.1) is 13.8 Å². The predicted octanol–water partition coefficient (Wildman–Crippen LogP) is 4.40. The van der Waals surface area contributed by atoms with Crippen LogP contribution in [0.25, 0.3) is 10.2 Å². The number of hydrogen-bond donors (Lipinski definition) is 1. The molecular weight excluding hydrogens is 454 g/mol. The Labute approximate surface area is 181 Å². The number of carbonyl (C=O) groups excluding carboxylic acids is 2. The van der Waals surface area contributed by atoms with Crippen molar-refractivity contribution in [2.45, 2.75) is 13.8 Å². The van der Waals surface area contributed by atoms with Crippen LogP contribution in [0.3, 0.4) is 0 Å². The van der Waals surface area contributed by atoms with Gasteiger partial charge in [0.25, 0.3) is 11.8 Å². The van der Waals surface area contributed by atoms with E-state index in [1.54, 1.807) is 17.0 Å². The molecule has 29 heavy (non-hydrogen) atoms. The number of ether oxygens (including phenoxy) is 1. The summed E-state index contributed by atoms with van der Waals surface area (Å²) in [6.07, 6.45) is 0. The molecule has 0 bridgehead atoms. The quantitative estimate of drug-likeness (QED) is 0.611. The van der Waals surface area contributed by atoms with Crippen molar-refractivity contribution in [3.8, 4) is 0 Å². The minimum absolute atomic E-state index is 0.0977. The summed E-state index contributed by atoms with van der Waals surface area (Å²) in [4.78, 5) is 33.8. The molecule has 3 heterocycles. The Morgan fingerprint density at radius 3 is 2.55 bits per heavy atom. The highest BCUT2D eigenvalue weighted by atomic mass is 79.9. The van der Waals surface area contributed by atoms with Crippen LogP contribution in [0.1, 0.15) is 31.3 Å². The van der Waals surface area contributed by atoms with Crippen LogP contribution in [-0.4, -0.2) is 48.0 Å². The molecule has 3 aromatic rings. The number of rotatable bonds is 3. The van der Waals surface area contributed by atoms with Crippen molar-refractivity contribution in [1.29, 1.82) is 0 Å². The largest absolute Gasteiger partial charge is 0.378 e. The van der Waals surface area contributed by atoms with E-state index in [-0.39, 0.29) is 11.8 Å². The molecule has 1 N–H and O–H groups in total. The number of nitrogens with one attached hydrogen (secondary N) is 1. The summed E-state index contributed by atoms with van der Waals surface area (Å²) < 4.78 is 6.26. The normalized spacial score (nSPS) is 14.2. The molecule has 0 spiro atoms. The lowest BCUT2D eigenvalue weighted by molar-refractivity contribution is 0.0307. The minimum atomic E-state index is -0.256. The Morgan fingerprint density at radius 2 is 1.86 bits per heavy atom. The van der Waals surface area contributed by atoms with E-state index in [4.69, 9.17) is 4.74 Å². The number of aromatic nitrogens is 1. The first-order valence-corrected chi connectivity index (χ1v) is 10.9. The Hall–Kier alpha value is -2.29. The maximum absolute atomic E-state index is 13.2. The van der Waals surface area contributed by atoms with E-state index in [1.165, 1.54) is 11.3 Å². The van der Waals surface area contributed by atoms with E-state index in [0.29, 0.717) is 42.4 Å². The molecule has 0 aliphatic carbocycles. The lowest BCUT2D eigenvalue weighted by Crippen LogP contribution is -2.40. The minimum Gasteiger partial charge on any atom is -0.378 e. The molecule has 150 valence electrons. The van der Waals surface area contributed by atoms with Crippen LogP contribution in [-0.2, 0) is 4.74 Å². The number of aryl methyl sites for hydroxylation is 2. The summed E-state index contributed by atoms with van der Waals surface area (Å²) in [5.74, 6) is -0.354. The van der Waals surface area contributed by atoms with Crippen molar-refractivity contribution in [3.63, 3.8) is 0 Å². The van der Waals surface area contributed by atoms with E-state index in [1.807, 2.05) is 32.0 Å². The van der Waals surface area contributed by atoms with E-state index in [9.17, 15) is 9.59 Å². The second-order valence-corrected chi connectivity index (χ2v) is 8.85. The number of thiophene rings is 1. The van der Waals surface area contributed by atoms with Crippen molar-refractivity contribution < 1.29 is 14.3 Å². The van der Waals surface area contributed by atoms with Gasteiger partial charge in [0.05, 0.1) is 18.9 Å². The van der Waals surface area contributed by atoms with E-state index < -0.39 is 0 Å². The number of fused-ring (bicyclic) bond motifs is 1. The van der Waals surface area contributed by atoms with Gasteiger partial charge in [-0.05, 0) is 49.7 Å². The Kier molecular flexibility index (Phi) is 5.67. The molecule has 1 aromatic carbocycles. The molecule has 1 fully saturated rings. The van der Waals surface area contributed by atoms with Gasteiger partial charge in [-0.25, -0.2) is 4.98 Å². The number of carbonyl (C=O) groups is 2. The maximum Gasteiger partial charge on any atom is 0.266 e. The molecule has 0 atom stereocenters. The van der Waals surface area contributed by atoms with Crippen LogP contribution >= 0.6 is 27.3 Å². The van der Waals surface area contributed by atoms with Gasteiger partial charge in [-0.2, -0.15) is 0 Å². The number of anilines is 1. The summed E-state index contributed by atoms with van der Waals surface area (Å²) in [6.45, 7) is 6.02. The Bertz CT molecular complexity index is 1090. The molecule has 1 aliphatic rings. The highest BCUT2D eigenvalue weighted by molar-refractivity contribution is 9.10.